The Labute approximate surface area is 205 Å². The zero-order valence-corrected chi connectivity index (χ0v) is 20.3. The highest BCUT2D eigenvalue weighted by Crippen LogP contribution is 2.47. The van der Waals surface area contributed by atoms with Gasteiger partial charge in [0.1, 0.15) is 18.1 Å². The van der Waals surface area contributed by atoms with Crippen molar-refractivity contribution in [3.05, 3.63) is 70.5 Å². The van der Waals surface area contributed by atoms with E-state index < -0.39 is 6.04 Å². The minimum absolute atomic E-state index is 0.171. The molecule has 10 nitrogen and oxygen atoms in total. The van der Waals surface area contributed by atoms with E-state index in [4.69, 9.17) is 9.47 Å². The van der Waals surface area contributed by atoms with Crippen LogP contribution in [0, 0.1) is 0 Å². The van der Waals surface area contributed by atoms with Crippen LogP contribution >= 0.6 is 0 Å². The molecule has 0 aliphatic carbocycles. The molecule has 5 aromatic rings. The maximum Gasteiger partial charge on any atom is 0.329 e. The number of aryl methyl sites for hydroxylation is 2. The van der Waals surface area contributed by atoms with Gasteiger partial charge in [0.15, 0.2) is 0 Å². The van der Waals surface area contributed by atoms with Crippen LogP contribution in [0.25, 0.3) is 33.1 Å². The maximum absolute atomic E-state index is 13.6. The third-order valence-corrected chi connectivity index (χ3v) is 6.82. The largest absolute Gasteiger partial charge is 0.496 e. The van der Waals surface area contributed by atoms with Crippen molar-refractivity contribution >= 4 is 27.8 Å². The molecule has 1 N–H and O–H groups in total. The Kier molecular flexibility index (Phi) is 4.85. The number of imidazole rings is 1. The van der Waals surface area contributed by atoms with Gasteiger partial charge in [0, 0.05) is 44.5 Å². The Morgan fingerprint density at radius 2 is 1.97 bits per heavy atom. The van der Waals surface area contributed by atoms with Crippen molar-refractivity contribution in [2.75, 3.05) is 20.8 Å². The van der Waals surface area contributed by atoms with E-state index in [2.05, 4.69) is 15.4 Å². The van der Waals surface area contributed by atoms with Crippen molar-refractivity contribution < 1.29 is 14.3 Å². The topological polar surface area (TPSA) is 105 Å². The first-order valence-electron chi connectivity index (χ1n) is 11.5. The van der Waals surface area contributed by atoms with Gasteiger partial charge in [-0.05, 0) is 17.7 Å². The number of hydrogen-bond donors (Lipinski definition) is 1. The van der Waals surface area contributed by atoms with Gasteiger partial charge in [0.25, 0.3) is 5.91 Å². The van der Waals surface area contributed by atoms with Gasteiger partial charge in [-0.3, -0.25) is 23.6 Å². The Bertz CT molecular complexity index is 1730. The lowest BCUT2D eigenvalue weighted by Crippen LogP contribution is -2.29. The maximum atomic E-state index is 13.6. The molecule has 2 aromatic carbocycles. The predicted molar refractivity (Wildman–Crippen MR) is 135 cm³/mol. The Morgan fingerprint density at radius 3 is 2.64 bits per heavy atom. The number of benzene rings is 2. The third kappa shape index (κ3) is 3.03. The molecule has 0 spiro atoms. The summed E-state index contributed by atoms with van der Waals surface area (Å²) < 4.78 is 17.4. The number of nitrogens with one attached hydrogen (secondary N) is 1. The van der Waals surface area contributed by atoms with Crippen LogP contribution in [-0.4, -0.2) is 50.6 Å². The molecular weight excluding hydrogens is 460 g/mol. The molecule has 1 amide bonds. The minimum atomic E-state index is -0.425. The number of nitrogens with zero attached hydrogens (tertiary/aromatic N) is 5. The third-order valence-electron chi connectivity index (χ3n) is 6.82. The van der Waals surface area contributed by atoms with Gasteiger partial charge in [-0.1, -0.05) is 12.1 Å². The molecule has 1 aliphatic rings. The van der Waals surface area contributed by atoms with Crippen LogP contribution in [0.1, 0.15) is 22.0 Å². The van der Waals surface area contributed by atoms with E-state index in [1.54, 1.807) is 59.5 Å². The van der Waals surface area contributed by atoms with E-state index in [0.717, 1.165) is 27.6 Å². The molecule has 0 saturated heterocycles. The number of methoxy groups -OCH3 is 1. The van der Waals surface area contributed by atoms with E-state index in [9.17, 15) is 9.59 Å². The van der Waals surface area contributed by atoms with E-state index in [1.807, 2.05) is 31.4 Å². The monoisotopic (exact) mass is 484 g/mol. The smallest absolute Gasteiger partial charge is 0.329 e. The molecule has 0 fully saturated rings. The average molecular weight is 485 g/mol. The number of rotatable bonds is 4. The highest BCUT2D eigenvalue weighted by Gasteiger charge is 2.31. The zero-order valence-electron chi connectivity index (χ0n) is 20.3. The molecule has 1 aliphatic heterocycles. The van der Waals surface area contributed by atoms with Gasteiger partial charge in [-0.25, -0.2) is 4.79 Å². The first-order valence-corrected chi connectivity index (χ1v) is 11.5. The number of ether oxygens (including phenoxy) is 2. The lowest BCUT2D eigenvalue weighted by Gasteiger charge is -2.19. The Morgan fingerprint density at radius 1 is 1.19 bits per heavy atom. The zero-order chi connectivity index (χ0) is 25.1. The lowest BCUT2D eigenvalue weighted by molar-refractivity contribution is 0.0963. The molecule has 4 heterocycles. The summed E-state index contributed by atoms with van der Waals surface area (Å²) in [7, 11) is 6.80. The fourth-order valence-corrected chi connectivity index (χ4v) is 5.02. The normalized spacial score (nSPS) is 14.7. The summed E-state index contributed by atoms with van der Waals surface area (Å²) in [5.74, 6) is 1.03. The number of amides is 1. The number of hydrogen-bond acceptors (Lipinski definition) is 6. The fourth-order valence-electron chi connectivity index (χ4n) is 5.02. The van der Waals surface area contributed by atoms with Gasteiger partial charge in [-0.15, -0.1) is 0 Å². The summed E-state index contributed by atoms with van der Waals surface area (Å²) in [6.45, 7) is 0.197. The first-order chi connectivity index (χ1) is 17.4. The van der Waals surface area contributed by atoms with Gasteiger partial charge in [0.05, 0.1) is 53.0 Å². The summed E-state index contributed by atoms with van der Waals surface area (Å²) in [5, 5.41) is 7.71. The van der Waals surface area contributed by atoms with Gasteiger partial charge < -0.3 is 14.8 Å². The average Bonchev–Trinajstić information content (AvgIpc) is 3.37. The second-order valence-electron chi connectivity index (χ2n) is 8.81. The van der Waals surface area contributed by atoms with E-state index in [1.165, 1.54) is 0 Å². The SMILES string of the molecule is CNC(=O)c1ccc(C2COc3c(-c4cnn(C)c4)c(OC)cc4ncc5c(c34)n2c(=O)n5C)cc1. The molecular formula is C26H24N6O4. The minimum Gasteiger partial charge on any atom is -0.496 e. The van der Waals surface area contributed by atoms with Crippen molar-refractivity contribution in [1.29, 1.82) is 0 Å². The fraction of sp³-hybridized carbons (Fsp3) is 0.231. The summed E-state index contributed by atoms with van der Waals surface area (Å²) in [6, 6.07) is 8.67. The molecule has 3 aromatic heterocycles. The van der Waals surface area contributed by atoms with Crippen LogP contribution < -0.4 is 20.5 Å². The summed E-state index contributed by atoms with van der Waals surface area (Å²) in [4.78, 5) is 30.3. The van der Waals surface area contributed by atoms with Crippen LogP contribution in [0.3, 0.4) is 0 Å². The quantitative estimate of drug-likeness (QED) is 0.421. The number of carbonyl (C=O) groups excluding carboxylic acids is 1. The van der Waals surface area contributed by atoms with Crippen molar-refractivity contribution in [3.8, 4) is 22.6 Å². The lowest BCUT2D eigenvalue weighted by atomic mass is 10.0. The molecule has 0 radical (unpaired) electrons. The van der Waals surface area contributed by atoms with E-state index >= 15 is 0 Å². The first kappa shape index (κ1) is 21.9. The molecule has 0 bridgehead atoms. The molecule has 182 valence electrons. The summed E-state index contributed by atoms with van der Waals surface area (Å²) in [5.41, 5.74) is 4.92. The van der Waals surface area contributed by atoms with Gasteiger partial charge >= 0.3 is 5.69 Å². The van der Waals surface area contributed by atoms with Crippen molar-refractivity contribution in [1.82, 2.24) is 29.2 Å². The Hall–Kier alpha value is -4.60. The number of carbonyl (C=O) groups is 1. The van der Waals surface area contributed by atoms with E-state index in [0.29, 0.717) is 28.1 Å². The van der Waals surface area contributed by atoms with Gasteiger partial charge in [0.2, 0.25) is 0 Å². The van der Waals surface area contributed by atoms with Crippen LogP contribution in [0.5, 0.6) is 11.5 Å². The molecule has 1 unspecified atom stereocenters. The standard InChI is InChI=1S/C26H24N6O4/c1-27-25(33)15-7-5-14(6-8-15)19-13-36-24-21(16-10-29-30(2)12-16)20(35-4)9-17-22(24)23-18(11-28-17)31(3)26(34)32(19)23/h5-12,19H,13H2,1-4H3,(H,27,33). The summed E-state index contributed by atoms with van der Waals surface area (Å²) >= 11 is 0. The van der Waals surface area contributed by atoms with Gasteiger partial charge in [-0.2, -0.15) is 5.10 Å². The second-order valence-corrected chi connectivity index (χ2v) is 8.81. The Balaban J connectivity index is 1.66. The number of pyridine rings is 1. The van der Waals surface area contributed by atoms with Crippen molar-refractivity contribution in [2.45, 2.75) is 6.04 Å². The van der Waals surface area contributed by atoms with Crippen molar-refractivity contribution in [3.63, 3.8) is 0 Å². The van der Waals surface area contributed by atoms with Crippen LogP contribution in [0.4, 0.5) is 0 Å². The highest BCUT2D eigenvalue weighted by molar-refractivity contribution is 6.10. The molecule has 36 heavy (non-hydrogen) atoms. The highest BCUT2D eigenvalue weighted by atomic mass is 16.5. The number of aromatic nitrogens is 5. The van der Waals surface area contributed by atoms with Crippen LogP contribution in [-0.2, 0) is 14.1 Å². The molecule has 1 atom stereocenters. The molecule has 10 heteroatoms. The van der Waals surface area contributed by atoms with Crippen LogP contribution in [0.15, 0.2) is 53.7 Å². The van der Waals surface area contributed by atoms with E-state index in [-0.39, 0.29) is 18.2 Å². The van der Waals surface area contributed by atoms with Crippen LogP contribution in [0.2, 0.25) is 0 Å². The molecule has 0 saturated carbocycles. The van der Waals surface area contributed by atoms with Crippen molar-refractivity contribution in [2.24, 2.45) is 14.1 Å². The second kappa shape index (κ2) is 7.98. The summed E-state index contributed by atoms with van der Waals surface area (Å²) in [6.07, 6.45) is 5.36. The molecule has 6 rings (SSSR count). The predicted octanol–water partition coefficient (Wildman–Crippen LogP) is 2.64.